The Kier molecular flexibility index (Phi) is 21.6. The van der Waals surface area contributed by atoms with Gasteiger partial charge in [0.2, 0.25) is 0 Å². The smallest absolute Gasteiger partial charge is 0.334 e. The fourth-order valence-corrected chi connectivity index (χ4v) is 6.77. The molecule has 0 amide bonds. The highest BCUT2D eigenvalue weighted by Crippen LogP contribution is 2.28. The number of unbranched alkanes of at least 4 members (excludes halogenated alkanes) is 14. The van der Waals surface area contributed by atoms with Gasteiger partial charge in [0.1, 0.15) is 6.10 Å². The Bertz CT molecular complexity index is 756. The van der Waals surface area contributed by atoms with Crippen molar-refractivity contribution in [2.75, 3.05) is 0 Å². The van der Waals surface area contributed by atoms with Crippen molar-refractivity contribution in [3.05, 3.63) is 11.6 Å². The molecular weight excluding hydrogens is 556 g/mol. The molecule has 4 N–H and O–H groups in total. The average Bonchev–Trinajstić information content (AvgIpc) is 3.61. The highest BCUT2D eigenvalue weighted by atomic mass is 16.5. The van der Waals surface area contributed by atoms with Crippen molar-refractivity contribution in [2.45, 2.75) is 217 Å². The number of carbonyl (C=O) groups excluding carboxylic acids is 1. The minimum absolute atomic E-state index is 0.139. The lowest BCUT2D eigenvalue weighted by atomic mass is 9.99. The second-order valence-corrected chi connectivity index (χ2v) is 13.8. The first-order valence-corrected chi connectivity index (χ1v) is 18.6. The van der Waals surface area contributed by atoms with Crippen LogP contribution in [-0.2, 0) is 14.3 Å². The monoisotopic (exact) mass is 624 g/mol. The predicted octanol–water partition coefficient (Wildman–Crippen LogP) is 7.84. The molecule has 2 rings (SSSR count). The number of rotatable bonds is 28. The Labute approximate surface area is 269 Å². The summed E-state index contributed by atoms with van der Waals surface area (Å²) in [6.07, 6.45) is 25.2. The van der Waals surface area contributed by atoms with Crippen LogP contribution in [-0.4, -0.2) is 69.1 Å². The van der Waals surface area contributed by atoms with Crippen LogP contribution in [0.5, 0.6) is 0 Å². The molecule has 7 atom stereocenters. The van der Waals surface area contributed by atoms with E-state index < -0.39 is 18.3 Å². The Morgan fingerprint density at radius 3 is 1.52 bits per heavy atom. The summed E-state index contributed by atoms with van der Waals surface area (Å²) in [5, 5.41) is 41.8. The van der Waals surface area contributed by atoms with E-state index in [0.717, 1.165) is 83.5 Å². The van der Waals surface area contributed by atoms with E-state index >= 15 is 0 Å². The van der Waals surface area contributed by atoms with Crippen molar-refractivity contribution in [1.82, 2.24) is 0 Å². The van der Waals surface area contributed by atoms with Crippen LogP contribution in [0, 0.1) is 0 Å². The molecule has 2 aliphatic rings. The van der Waals surface area contributed by atoms with E-state index in [1.807, 2.05) is 6.92 Å². The molecule has 2 aliphatic heterocycles. The summed E-state index contributed by atoms with van der Waals surface area (Å²) in [5.74, 6) is -0.298. The number of hydrogen-bond acceptors (Lipinski definition) is 7. The van der Waals surface area contributed by atoms with Crippen LogP contribution in [0.3, 0.4) is 0 Å². The minimum atomic E-state index is -0.494. The first-order chi connectivity index (χ1) is 21.3. The van der Waals surface area contributed by atoms with Crippen LogP contribution in [0.25, 0.3) is 0 Å². The molecule has 258 valence electrons. The van der Waals surface area contributed by atoms with Gasteiger partial charge in [-0.2, -0.15) is 0 Å². The molecule has 2 heterocycles. The molecule has 7 nitrogen and oxygen atoms in total. The van der Waals surface area contributed by atoms with Gasteiger partial charge in [0.25, 0.3) is 0 Å². The van der Waals surface area contributed by atoms with Gasteiger partial charge in [-0.05, 0) is 57.9 Å². The van der Waals surface area contributed by atoms with Crippen LogP contribution >= 0.6 is 0 Å². The normalized spacial score (nSPS) is 23.0. The molecule has 0 spiro atoms. The summed E-state index contributed by atoms with van der Waals surface area (Å²) in [7, 11) is 0. The van der Waals surface area contributed by atoms with Crippen LogP contribution < -0.4 is 0 Å². The van der Waals surface area contributed by atoms with E-state index in [-0.39, 0.29) is 30.4 Å². The summed E-state index contributed by atoms with van der Waals surface area (Å²) in [6, 6.07) is 0. The molecule has 0 aromatic heterocycles. The van der Waals surface area contributed by atoms with E-state index in [4.69, 9.17) is 9.47 Å². The first-order valence-electron chi connectivity index (χ1n) is 18.6. The maximum atomic E-state index is 11.7. The second kappa shape index (κ2) is 24.2. The van der Waals surface area contributed by atoms with Gasteiger partial charge in [-0.1, -0.05) is 116 Å². The van der Waals surface area contributed by atoms with Crippen molar-refractivity contribution in [3.8, 4) is 0 Å². The molecule has 1 fully saturated rings. The van der Waals surface area contributed by atoms with Gasteiger partial charge in [0, 0.05) is 12.0 Å². The van der Waals surface area contributed by atoms with Gasteiger partial charge in [-0.15, -0.1) is 0 Å². The molecule has 0 radical (unpaired) electrons. The lowest BCUT2D eigenvalue weighted by molar-refractivity contribution is -0.139. The molecule has 0 saturated carbocycles. The number of cyclic esters (lactones) is 1. The number of carbonyl (C=O) groups is 1. The molecule has 0 aromatic rings. The van der Waals surface area contributed by atoms with E-state index in [1.165, 1.54) is 57.8 Å². The summed E-state index contributed by atoms with van der Waals surface area (Å²) >= 11 is 0. The fraction of sp³-hybridized carbons (Fsp3) is 0.919. The summed E-state index contributed by atoms with van der Waals surface area (Å²) in [5.41, 5.74) is 0.596. The molecule has 44 heavy (non-hydrogen) atoms. The Hall–Kier alpha value is -0.990. The Balaban J connectivity index is 1.38. The highest BCUT2D eigenvalue weighted by Gasteiger charge is 2.34. The van der Waals surface area contributed by atoms with Crippen molar-refractivity contribution < 1.29 is 34.7 Å². The lowest BCUT2D eigenvalue weighted by Crippen LogP contribution is -2.31. The van der Waals surface area contributed by atoms with Crippen LogP contribution in [0.1, 0.15) is 174 Å². The molecule has 0 aliphatic carbocycles. The SMILES string of the molecule is CCCCCCCCCCCC[C@@H](O)[C@H]1CC[C@H]([C@H](O)CCCC[C@H](O)CCCCCCC[C@@H](O)CC2=C[C@H](C)OC2=O)O1. The van der Waals surface area contributed by atoms with Crippen molar-refractivity contribution >= 4 is 5.97 Å². The van der Waals surface area contributed by atoms with Gasteiger partial charge in [0.05, 0.1) is 36.6 Å². The van der Waals surface area contributed by atoms with Crippen LogP contribution in [0.15, 0.2) is 11.6 Å². The lowest BCUT2D eigenvalue weighted by Gasteiger charge is -2.22. The molecule has 1 saturated heterocycles. The van der Waals surface area contributed by atoms with Crippen molar-refractivity contribution in [2.24, 2.45) is 0 Å². The summed E-state index contributed by atoms with van der Waals surface area (Å²) < 4.78 is 11.1. The summed E-state index contributed by atoms with van der Waals surface area (Å²) in [4.78, 5) is 11.7. The maximum absolute atomic E-state index is 11.7. The maximum Gasteiger partial charge on any atom is 0.334 e. The average molecular weight is 625 g/mol. The first kappa shape index (κ1) is 39.2. The highest BCUT2D eigenvalue weighted by molar-refractivity contribution is 5.90. The zero-order chi connectivity index (χ0) is 32.0. The van der Waals surface area contributed by atoms with Gasteiger partial charge in [-0.25, -0.2) is 4.79 Å². The third kappa shape index (κ3) is 17.6. The van der Waals surface area contributed by atoms with Crippen LogP contribution in [0.2, 0.25) is 0 Å². The second-order valence-electron chi connectivity index (χ2n) is 13.8. The quantitative estimate of drug-likeness (QED) is 0.0518. The number of aliphatic hydroxyl groups is 4. The van der Waals surface area contributed by atoms with E-state index in [1.54, 1.807) is 6.08 Å². The molecule has 0 bridgehead atoms. The van der Waals surface area contributed by atoms with Crippen LogP contribution in [0.4, 0.5) is 0 Å². The van der Waals surface area contributed by atoms with E-state index in [0.29, 0.717) is 24.8 Å². The topological polar surface area (TPSA) is 116 Å². The molecular formula is C37H68O7. The number of hydrogen-bond donors (Lipinski definition) is 4. The largest absolute Gasteiger partial charge is 0.455 e. The number of aliphatic hydroxyl groups excluding tert-OH is 4. The zero-order valence-corrected chi connectivity index (χ0v) is 28.3. The summed E-state index contributed by atoms with van der Waals surface area (Å²) in [6.45, 7) is 4.08. The zero-order valence-electron chi connectivity index (χ0n) is 28.3. The number of esters is 1. The van der Waals surface area contributed by atoms with Crippen molar-refractivity contribution in [1.29, 1.82) is 0 Å². The Morgan fingerprint density at radius 2 is 1.05 bits per heavy atom. The van der Waals surface area contributed by atoms with E-state index in [9.17, 15) is 25.2 Å². The molecule has 0 unspecified atom stereocenters. The number of ether oxygens (including phenoxy) is 2. The fourth-order valence-electron chi connectivity index (χ4n) is 6.77. The third-order valence-electron chi connectivity index (χ3n) is 9.61. The van der Waals surface area contributed by atoms with Gasteiger partial charge < -0.3 is 29.9 Å². The third-order valence-corrected chi connectivity index (χ3v) is 9.61. The minimum Gasteiger partial charge on any atom is -0.455 e. The Morgan fingerprint density at radius 1 is 0.636 bits per heavy atom. The van der Waals surface area contributed by atoms with E-state index in [2.05, 4.69) is 6.92 Å². The van der Waals surface area contributed by atoms with Crippen molar-refractivity contribution in [3.63, 3.8) is 0 Å². The predicted molar refractivity (Wildman–Crippen MR) is 177 cm³/mol. The molecule has 0 aromatic carbocycles. The standard InChI is InChI=1S/C37H68O7/c1-3-4-5-6-7-8-9-10-14-17-23-33(40)35-25-26-36(44-35)34(41)24-19-18-21-31(38)20-15-12-11-13-16-22-32(39)28-30-27-29(2)43-37(30)42/h27,29,31-36,38-41H,3-26,28H2,1-2H3/t29-,31+,32+,33+,34+,35+,36+/m0/s1. The van der Waals surface area contributed by atoms with Gasteiger partial charge in [-0.3, -0.25) is 0 Å². The van der Waals surface area contributed by atoms with Gasteiger partial charge in [0.15, 0.2) is 0 Å². The van der Waals surface area contributed by atoms with Gasteiger partial charge >= 0.3 is 5.97 Å². The molecule has 7 heteroatoms.